The van der Waals surface area contributed by atoms with Crippen molar-refractivity contribution in [1.82, 2.24) is 4.90 Å². The predicted molar refractivity (Wildman–Crippen MR) is 87.7 cm³/mol. The molecule has 0 amide bonds. The van der Waals surface area contributed by atoms with Gasteiger partial charge in [0.1, 0.15) is 0 Å². The van der Waals surface area contributed by atoms with Gasteiger partial charge in [0.05, 0.1) is 23.5 Å². The lowest BCUT2D eigenvalue weighted by Gasteiger charge is -2.21. The van der Waals surface area contributed by atoms with Crippen LogP contribution in [0.15, 0.2) is 18.2 Å². The fraction of sp³-hybridized carbons (Fsp3) is 0.562. The van der Waals surface area contributed by atoms with E-state index in [4.69, 9.17) is 10.5 Å². The maximum atomic E-state index is 11.9. The lowest BCUT2D eigenvalue weighted by Crippen LogP contribution is -2.28. The molecule has 118 valence electrons. The Morgan fingerprint density at radius 2 is 2.14 bits per heavy atom. The van der Waals surface area contributed by atoms with Crippen molar-refractivity contribution in [3.8, 4) is 0 Å². The summed E-state index contributed by atoms with van der Waals surface area (Å²) in [5, 5.41) is 3.26. The van der Waals surface area contributed by atoms with Gasteiger partial charge in [-0.3, -0.25) is 0 Å². The lowest BCUT2D eigenvalue weighted by atomic mass is 10.1. The molecule has 1 aromatic rings. The molecule has 0 aromatic heterocycles. The number of rotatable bonds is 8. The molecule has 0 aliphatic rings. The van der Waals surface area contributed by atoms with E-state index in [1.54, 1.807) is 25.1 Å². The van der Waals surface area contributed by atoms with Crippen molar-refractivity contribution in [2.45, 2.75) is 33.2 Å². The molecule has 0 radical (unpaired) electrons. The van der Waals surface area contributed by atoms with E-state index >= 15 is 0 Å². The highest BCUT2D eigenvalue weighted by molar-refractivity contribution is 5.98. The van der Waals surface area contributed by atoms with E-state index in [2.05, 4.69) is 31.1 Å². The number of ether oxygens (including phenoxy) is 1. The van der Waals surface area contributed by atoms with Gasteiger partial charge in [0.2, 0.25) is 0 Å². The second kappa shape index (κ2) is 8.52. The number of carbonyl (C=O) groups is 1. The van der Waals surface area contributed by atoms with Gasteiger partial charge in [0.15, 0.2) is 0 Å². The number of nitrogens with one attached hydrogen (secondary N) is 1. The summed E-state index contributed by atoms with van der Waals surface area (Å²) in [5.41, 5.74) is 7.70. The molecule has 5 heteroatoms. The smallest absolute Gasteiger partial charge is 0.340 e. The van der Waals surface area contributed by atoms with Gasteiger partial charge < -0.3 is 20.7 Å². The number of hydrogen-bond donors (Lipinski definition) is 2. The van der Waals surface area contributed by atoms with E-state index in [-0.39, 0.29) is 5.97 Å². The number of nitrogens with zero attached hydrogens (tertiary/aromatic N) is 1. The van der Waals surface area contributed by atoms with Gasteiger partial charge in [-0.2, -0.15) is 0 Å². The Bertz CT molecular complexity index is 461. The first kappa shape index (κ1) is 17.3. The zero-order valence-corrected chi connectivity index (χ0v) is 13.5. The number of carbonyl (C=O) groups excluding carboxylic acids is 1. The summed E-state index contributed by atoms with van der Waals surface area (Å²) in [6.45, 7) is 8.23. The summed E-state index contributed by atoms with van der Waals surface area (Å²) < 4.78 is 5.06. The topological polar surface area (TPSA) is 67.6 Å². The van der Waals surface area contributed by atoms with Crippen LogP contribution in [0.3, 0.4) is 0 Å². The molecule has 0 saturated carbocycles. The SMILES string of the molecule is CCOC(=O)c1cccc(N)c1NCCCN(C)C(C)C. The number of nitrogen functional groups attached to an aromatic ring is 1. The molecule has 0 saturated heterocycles. The monoisotopic (exact) mass is 293 g/mol. The first-order chi connectivity index (χ1) is 9.97. The van der Waals surface area contributed by atoms with Crippen LogP contribution < -0.4 is 11.1 Å². The minimum absolute atomic E-state index is 0.341. The van der Waals surface area contributed by atoms with E-state index in [0.717, 1.165) is 19.5 Å². The van der Waals surface area contributed by atoms with Crippen LogP contribution in [-0.4, -0.2) is 43.7 Å². The highest BCUT2D eigenvalue weighted by Gasteiger charge is 2.14. The molecule has 3 N–H and O–H groups in total. The molecule has 1 rings (SSSR count). The normalized spacial score (nSPS) is 11.0. The summed E-state index contributed by atoms with van der Waals surface area (Å²) in [7, 11) is 2.10. The van der Waals surface area contributed by atoms with Crippen LogP contribution in [0.1, 0.15) is 37.6 Å². The fourth-order valence-electron chi connectivity index (χ4n) is 1.95. The van der Waals surface area contributed by atoms with Gasteiger partial charge in [-0.15, -0.1) is 0 Å². The lowest BCUT2D eigenvalue weighted by molar-refractivity contribution is 0.0527. The van der Waals surface area contributed by atoms with Gasteiger partial charge in [-0.05, 0) is 52.9 Å². The fourth-order valence-corrected chi connectivity index (χ4v) is 1.95. The van der Waals surface area contributed by atoms with E-state index in [0.29, 0.717) is 29.6 Å². The zero-order valence-electron chi connectivity index (χ0n) is 13.5. The van der Waals surface area contributed by atoms with E-state index in [9.17, 15) is 4.79 Å². The molecule has 0 fully saturated rings. The van der Waals surface area contributed by atoms with E-state index in [1.807, 2.05) is 0 Å². The largest absolute Gasteiger partial charge is 0.462 e. The number of esters is 1. The van der Waals surface area contributed by atoms with Crippen molar-refractivity contribution in [2.24, 2.45) is 0 Å². The average molecular weight is 293 g/mol. The Hall–Kier alpha value is -1.75. The van der Waals surface area contributed by atoms with Gasteiger partial charge in [-0.1, -0.05) is 6.07 Å². The van der Waals surface area contributed by atoms with Crippen LogP contribution in [-0.2, 0) is 4.74 Å². The highest BCUT2D eigenvalue weighted by Crippen LogP contribution is 2.24. The van der Waals surface area contributed by atoms with Crippen molar-refractivity contribution >= 4 is 17.3 Å². The first-order valence-electron chi connectivity index (χ1n) is 7.47. The second-order valence-electron chi connectivity index (χ2n) is 5.34. The molecule has 0 heterocycles. The molecular weight excluding hydrogens is 266 g/mol. The highest BCUT2D eigenvalue weighted by atomic mass is 16.5. The van der Waals surface area contributed by atoms with Crippen LogP contribution in [0.25, 0.3) is 0 Å². The van der Waals surface area contributed by atoms with Crippen molar-refractivity contribution in [3.63, 3.8) is 0 Å². The molecule has 21 heavy (non-hydrogen) atoms. The minimum Gasteiger partial charge on any atom is -0.462 e. The standard InChI is InChI=1S/C16H27N3O2/c1-5-21-16(20)13-8-6-9-14(17)15(13)18-10-7-11-19(4)12(2)3/h6,8-9,12,18H,5,7,10-11,17H2,1-4H3. The van der Waals surface area contributed by atoms with Crippen molar-refractivity contribution in [2.75, 3.05) is 37.8 Å². The molecule has 0 atom stereocenters. The van der Waals surface area contributed by atoms with Crippen LogP contribution >= 0.6 is 0 Å². The molecule has 5 nitrogen and oxygen atoms in total. The molecule has 0 aliphatic carbocycles. The molecular formula is C16H27N3O2. The molecule has 0 spiro atoms. The average Bonchev–Trinajstić information content (AvgIpc) is 2.44. The second-order valence-corrected chi connectivity index (χ2v) is 5.34. The van der Waals surface area contributed by atoms with Crippen LogP contribution in [0.4, 0.5) is 11.4 Å². The third kappa shape index (κ3) is 5.27. The number of hydrogen-bond acceptors (Lipinski definition) is 5. The quantitative estimate of drug-likeness (QED) is 0.438. The van der Waals surface area contributed by atoms with Crippen molar-refractivity contribution in [1.29, 1.82) is 0 Å². The third-order valence-electron chi connectivity index (χ3n) is 3.46. The zero-order chi connectivity index (χ0) is 15.8. The molecule has 0 aliphatic heterocycles. The van der Waals surface area contributed by atoms with Gasteiger partial charge in [-0.25, -0.2) is 4.79 Å². The Labute approximate surface area is 127 Å². The number of benzene rings is 1. The minimum atomic E-state index is -0.341. The number of anilines is 2. The summed E-state index contributed by atoms with van der Waals surface area (Å²) >= 11 is 0. The van der Waals surface area contributed by atoms with Gasteiger partial charge in [0.25, 0.3) is 0 Å². The van der Waals surface area contributed by atoms with Crippen LogP contribution in [0.2, 0.25) is 0 Å². The van der Waals surface area contributed by atoms with Gasteiger partial charge in [0, 0.05) is 12.6 Å². The Morgan fingerprint density at radius 1 is 1.43 bits per heavy atom. The Balaban J connectivity index is 2.63. The predicted octanol–water partition coefficient (Wildman–Crippen LogP) is 2.59. The Kier molecular flexibility index (Phi) is 7.02. The van der Waals surface area contributed by atoms with Crippen molar-refractivity contribution in [3.05, 3.63) is 23.8 Å². The molecule has 0 unspecified atom stereocenters. The third-order valence-corrected chi connectivity index (χ3v) is 3.46. The maximum Gasteiger partial charge on any atom is 0.340 e. The van der Waals surface area contributed by atoms with E-state index in [1.165, 1.54) is 0 Å². The number of nitrogens with two attached hydrogens (primary N) is 1. The van der Waals surface area contributed by atoms with E-state index < -0.39 is 0 Å². The van der Waals surface area contributed by atoms with Crippen LogP contribution in [0.5, 0.6) is 0 Å². The maximum absolute atomic E-state index is 11.9. The van der Waals surface area contributed by atoms with Crippen LogP contribution in [0, 0.1) is 0 Å². The summed E-state index contributed by atoms with van der Waals surface area (Å²) in [6.07, 6.45) is 0.977. The van der Waals surface area contributed by atoms with Gasteiger partial charge >= 0.3 is 5.97 Å². The Morgan fingerprint density at radius 3 is 2.76 bits per heavy atom. The summed E-state index contributed by atoms with van der Waals surface area (Å²) in [6, 6.07) is 5.81. The summed E-state index contributed by atoms with van der Waals surface area (Å²) in [4.78, 5) is 14.2. The summed E-state index contributed by atoms with van der Waals surface area (Å²) in [5.74, 6) is -0.341. The van der Waals surface area contributed by atoms with Crippen molar-refractivity contribution < 1.29 is 9.53 Å². The number of para-hydroxylation sites is 1. The first-order valence-corrected chi connectivity index (χ1v) is 7.47. The molecule has 1 aromatic carbocycles. The molecule has 0 bridgehead atoms.